The van der Waals surface area contributed by atoms with E-state index in [-0.39, 0.29) is 0 Å². The van der Waals surface area contributed by atoms with Crippen molar-refractivity contribution in [1.82, 2.24) is 10.2 Å². The third-order valence-electron chi connectivity index (χ3n) is 3.63. The quantitative estimate of drug-likeness (QED) is 0.610. The molecule has 76 valence electrons. The zero-order valence-corrected chi connectivity index (χ0v) is 9.14. The van der Waals surface area contributed by atoms with E-state index in [0.29, 0.717) is 5.54 Å². The standard InChI is InChI=1S/C11H22N2/c1-11(2,3)13-7-5-9-4-6-12-10(9)8-13/h9-10,12H,4-8H2,1-3H3. The fraction of sp³-hybridized carbons (Fsp3) is 1.00. The molecule has 2 aliphatic rings. The maximum Gasteiger partial charge on any atom is 0.0224 e. The number of likely N-dealkylation sites (tertiary alicyclic amines) is 1. The van der Waals surface area contributed by atoms with Gasteiger partial charge < -0.3 is 5.32 Å². The molecule has 0 aromatic carbocycles. The van der Waals surface area contributed by atoms with Crippen LogP contribution in [-0.2, 0) is 0 Å². The first-order valence-electron chi connectivity index (χ1n) is 5.56. The molecule has 0 amide bonds. The summed E-state index contributed by atoms with van der Waals surface area (Å²) in [6, 6.07) is 0.785. The lowest BCUT2D eigenvalue weighted by Crippen LogP contribution is -2.53. The van der Waals surface area contributed by atoms with Crippen molar-refractivity contribution in [1.29, 1.82) is 0 Å². The Morgan fingerprint density at radius 3 is 2.69 bits per heavy atom. The zero-order chi connectivity index (χ0) is 9.47. The second-order valence-corrected chi connectivity index (χ2v) is 5.51. The fourth-order valence-corrected chi connectivity index (χ4v) is 2.64. The van der Waals surface area contributed by atoms with Gasteiger partial charge in [-0.3, -0.25) is 4.90 Å². The Bertz CT molecular complexity index is 183. The molecule has 2 fully saturated rings. The number of hydrogen-bond acceptors (Lipinski definition) is 2. The maximum absolute atomic E-state index is 3.62. The van der Waals surface area contributed by atoms with Gasteiger partial charge in [0.05, 0.1) is 0 Å². The normalized spacial score (nSPS) is 36.2. The number of hydrogen-bond donors (Lipinski definition) is 1. The summed E-state index contributed by atoms with van der Waals surface area (Å²) in [7, 11) is 0. The molecule has 0 spiro atoms. The molecule has 0 saturated carbocycles. The van der Waals surface area contributed by atoms with Gasteiger partial charge in [-0.05, 0) is 52.6 Å². The molecule has 0 aromatic rings. The Balaban J connectivity index is 1.97. The molecule has 2 rings (SSSR count). The summed E-state index contributed by atoms with van der Waals surface area (Å²) in [5, 5.41) is 3.62. The highest BCUT2D eigenvalue weighted by Crippen LogP contribution is 2.28. The first-order valence-corrected chi connectivity index (χ1v) is 5.56. The summed E-state index contributed by atoms with van der Waals surface area (Å²) < 4.78 is 0. The van der Waals surface area contributed by atoms with Gasteiger partial charge in [-0.2, -0.15) is 0 Å². The van der Waals surface area contributed by atoms with Gasteiger partial charge in [0.1, 0.15) is 0 Å². The van der Waals surface area contributed by atoms with Crippen LogP contribution < -0.4 is 5.32 Å². The van der Waals surface area contributed by atoms with Crippen LogP contribution in [0, 0.1) is 5.92 Å². The minimum Gasteiger partial charge on any atom is -0.312 e. The van der Waals surface area contributed by atoms with Crippen molar-refractivity contribution in [2.75, 3.05) is 19.6 Å². The average Bonchev–Trinajstić information content (AvgIpc) is 2.47. The third kappa shape index (κ3) is 1.89. The van der Waals surface area contributed by atoms with E-state index in [9.17, 15) is 0 Å². The van der Waals surface area contributed by atoms with Crippen molar-refractivity contribution in [3.8, 4) is 0 Å². The van der Waals surface area contributed by atoms with Gasteiger partial charge in [-0.1, -0.05) is 0 Å². The van der Waals surface area contributed by atoms with Crippen LogP contribution >= 0.6 is 0 Å². The van der Waals surface area contributed by atoms with Crippen LogP contribution in [0.25, 0.3) is 0 Å². The molecule has 2 aliphatic heterocycles. The Kier molecular flexibility index (Phi) is 2.37. The van der Waals surface area contributed by atoms with E-state index in [1.807, 2.05) is 0 Å². The second-order valence-electron chi connectivity index (χ2n) is 5.51. The molecular weight excluding hydrogens is 160 g/mol. The number of nitrogens with zero attached hydrogens (tertiary/aromatic N) is 1. The molecule has 2 saturated heterocycles. The van der Waals surface area contributed by atoms with Crippen LogP contribution in [0.4, 0.5) is 0 Å². The molecule has 2 heterocycles. The summed E-state index contributed by atoms with van der Waals surface area (Å²) in [6.45, 7) is 10.8. The summed E-state index contributed by atoms with van der Waals surface area (Å²) in [4.78, 5) is 2.62. The van der Waals surface area contributed by atoms with E-state index < -0.39 is 0 Å². The molecular formula is C11H22N2. The molecule has 2 nitrogen and oxygen atoms in total. The van der Waals surface area contributed by atoms with E-state index in [1.54, 1.807) is 0 Å². The molecule has 2 heteroatoms. The van der Waals surface area contributed by atoms with Crippen LogP contribution in [-0.4, -0.2) is 36.1 Å². The number of rotatable bonds is 0. The summed E-state index contributed by atoms with van der Waals surface area (Å²) >= 11 is 0. The molecule has 1 N–H and O–H groups in total. The fourth-order valence-electron chi connectivity index (χ4n) is 2.64. The van der Waals surface area contributed by atoms with Crippen molar-refractivity contribution < 1.29 is 0 Å². The Hall–Kier alpha value is -0.0800. The summed E-state index contributed by atoms with van der Waals surface area (Å²) in [6.07, 6.45) is 2.80. The Morgan fingerprint density at radius 1 is 1.23 bits per heavy atom. The van der Waals surface area contributed by atoms with E-state index in [2.05, 4.69) is 31.0 Å². The van der Waals surface area contributed by atoms with Gasteiger partial charge >= 0.3 is 0 Å². The minimum atomic E-state index is 0.356. The number of nitrogens with one attached hydrogen (secondary N) is 1. The SMILES string of the molecule is CC(C)(C)N1CCC2CCNC2C1. The van der Waals surface area contributed by atoms with Crippen LogP contribution in [0.3, 0.4) is 0 Å². The van der Waals surface area contributed by atoms with Crippen molar-refractivity contribution in [2.45, 2.75) is 45.2 Å². The molecule has 0 radical (unpaired) electrons. The monoisotopic (exact) mass is 182 g/mol. The second kappa shape index (κ2) is 3.25. The van der Waals surface area contributed by atoms with E-state index in [4.69, 9.17) is 0 Å². The van der Waals surface area contributed by atoms with Gasteiger partial charge in [-0.15, -0.1) is 0 Å². The Morgan fingerprint density at radius 2 is 2.00 bits per heavy atom. The lowest BCUT2D eigenvalue weighted by atomic mass is 9.90. The maximum atomic E-state index is 3.62. The molecule has 0 bridgehead atoms. The highest BCUT2D eigenvalue weighted by atomic mass is 15.2. The molecule has 0 aliphatic carbocycles. The third-order valence-corrected chi connectivity index (χ3v) is 3.63. The molecule has 2 atom stereocenters. The summed E-state index contributed by atoms with van der Waals surface area (Å²) in [5.74, 6) is 0.971. The van der Waals surface area contributed by atoms with Crippen molar-refractivity contribution in [3.63, 3.8) is 0 Å². The van der Waals surface area contributed by atoms with Crippen molar-refractivity contribution >= 4 is 0 Å². The molecule has 13 heavy (non-hydrogen) atoms. The van der Waals surface area contributed by atoms with Gasteiger partial charge in [-0.25, -0.2) is 0 Å². The van der Waals surface area contributed by atoms with E-state index in [0.717, 1.165) is 12.0 Å². The van der Waals surface area contributed by atoms with Crippen LogP contribution in [0.15, 0.2) is 0 Å². The first-order chi connectivity index (χ1) is 6.07. The summed E-state index contributed by atoms with van der Waals surface area (Å²) in [5.41, 5.74) is 0.356. The van der Waals surface area contributed by atoms with E-state index >= 15 is 0 Å². The highest BCUT2D eigenvalue weighted by molar-refractivity contribution is 4.93. The molecule has 2 unspecified atom stereocenters. The predicted molar refractivity (Wildman–Crippen MR) is 55.8 cm³/mol. The number of fused-ring (bicyclic) bond motifs is 1. The van der Waals surface area contributed by atoms with Crippen LogP contribution in [0.2, 0.25) is 0 Å². The van der Waals surface area contributed by atoms with Crippen LogP contribution in [0.1, 0.15) is 33.6 Å². The number of piperidine rings is 1. The lowest BCUT2D eigenvalue weighted by Gasteiger charge is -2.42. The average molecular weight is 182 g/mol. The predicted octanol–water partition coefficient (Wildman–Crippen LogP) is 1.47. The Labute approximate surface area is 81.7 Å². The van der Waals surface area contributed by atoms with Gasteiger partial charge in [0.25, 0.3) is 0 Å². The topological polar surface area (TPSA) is 15.3 Å². The lowest BCUT2D eigenvalue weighted by molar-refractivity contribution is 0.0766. The largest absolute Gasteiger partial charge is 0.312 e. The van der Waals surface area contributed by atoms with Gasteiger partial charge in [0.2, 0.25) is 0 Å². The minimum absolute atomic E-state index is 0.356. The first kappa shape index (κ1) is 9.47. The smallest absolute Gasteiger partial charge is 0.0224 e. The highest BCUT2D eigenvalue weighted by Gasteiger charge is 2.35. The van der Waals surface area contributed by atoms with Gasteiger partial charge in [0, 0.05) is 18.1 Å². The van der Waals surface area contributed by atoms with E-state index in [1.165, 1.54) is 32.5 Å². The zero-order valence-electron chi connectivity index (χ0n) is 9.14. The van der Waals surface area contributed by atoms with Gasteiger partial charge in [0.15, 0.2) is 0 Å². The molecule has 0 aromatic heterocycles. The van der Waals surface area contributed by atoms with Crippen molar-refractivity contribution in [3.05, 3.63) is 0 Å². The van der Waals surface area contributed by atoms with Crippen molar-refractivity contribution in [2.24, 2.45) is 5.92 Å². The van der Waals surface area contributed by atoms with Crippen LogP contribution in [0.5, 0.6) is 0 Å².